The molecule has 148 valence electrons. The van der Waals surface area contributed by atoms with E-state index in [9.17, 15) is 29.7 Å². The highest BCUT2D eigenvalue weighted by molar-refractivity contribution is 6.07. The first-order valence-electron chi connectivity index (χ1n) is 9.05. The molecule has 0 amide bonds. The van der Waals surface area contributed by atoms with Gasteiger partial charge in [0, 0.05) is 11.0 Å². The lowest BCUT2D eigenvalue weighted by atomic mass is 9.69. The minimum absolute atomic E-state index is 0.0639. The minimum Gasteiger partial charge on any atom is -0.478 e. The minimum atomic E-state index is -1.54. The van der Waals surface area contributed by atoms with Crippen LogP contribution in [0.15, 0.2) is 29.1 Å². The summed E-state index contributed by atoms with van der Waals surface area (Å²) in [6, 6.07) is 6.72. The maximum atomic E-state index is 12.2. The quantitative estimate of drug-likeness (QED) is 0.528. The SMILES string of the molecule is Nc1[nH]c(=O)c(C(=O)O)c(-c2cccc(C3(CO)CCCCC3)c2)c1C(=O)O. The fourth-order valence-corrected chi connectivity index (χ4v) is 4.11. The van der Waals surface area contributed by atoms with Crippen molar-refractivity contribution in [3.05, 3.63) is 51.3 Å². The van der Waals surface area contributed by atoms with Crippen LogP contribution in [0.4, 0.5) is 5.82 Å². The van der Waals surface area contributed by atoms with Gasteiger partial charge in [0.05, 0.1) is 6.61 Å². The molecule has 1 aromatic heterocycles. The van der Waals surface area contributed by atoms with Crippen molar-refractivity contribution in [3.8, 4) is 11.1 Å². The number of nitrogens with two attached hydrogens (primary N) is 1. The second-order valence-corrected chi connectivity index (χ2v) is 7.18. The van der Waals surface area contributed by atoms with Crippen molar-refractivity contribution >= 4 is 17.8 Å². The molecule has 0 bridgehead atoms. The topological polar surface area (TPSA) is 154 Å². The van der Waals surface area contributed by atoms with Gasteiger partial charge >= 0.3 is 11.9 Å². The molecule has 0 atom stereocenters. The number of rotatable bonds is 5. The summed E-state index contributed by atoms with van der Waals surface area (Å²) >= 11 is 0. The summed E-state index contributed by atoms with van der Waals surface area (Å²) < 4.78 is 0. The van der Waals surface area contributed by atoms with Gasteiger partial charge in [-0.1, -0.05) is 43.5 Å². The van der Waals surface area contributed by atoms with E-state index in [4.69, 9.17) is 5.73 Å². The zero-order valence-electron chi connectivity index (χ0n) is 15.2. The van der Waals surface area contributed by atoms with Gasteiger partial charge in [-0.2, -0.15) is 0 Å². The Kier molecular flexibility index (Phi) is 5.24. The van der Waals surface area contributed by atoms with Crippen LogP contribution in [-0.4, -0.2) is 38.8 Å². The van der Waals surface area contributed by atoms with Crippen LogP contribution in [0.2, 0.25) is 0 Å². The van der Waals surface area contributed by atoms with E-state index in [1.54, 1.807) is 18.2 Å². The Hall–Kier alpha value is -3.13. The third-order valence-electron chi connectivity index (χ3n) is 5.55. The zero-order chi connectivity index (χ0) is 20.5. The first-order valence-corrected chi connectivity index (χ1v) is 9.05. The number of hydrogen-bond acceptors (Lipinski definition) is 5. The molecule has 1 fully saturated rings. The molecule has 0 radical (unpaired) electrons. The van der Waals surface area contributed by atoms with Gasteiger partial charge in [0.25, 0.3) is 5.56 Å². The molecular formula is C20H22N2O6. The van der Waals surface area contributed by atoms with Gasteiger partial charge in [-0.05, 0) is 24.0 Å². The van der Waals surface area contributed by atoms with Crippen LogP contribution < -0.4 is 11.3 Å². The number of aromatic amines is 1. The van der Waals surface area contributed by atoms with E-state index in [1.807, 2.05) is 6.07 Å². The number of benzene rings is 1. The summed E-state index contributed by atoms with van der Waals surface area (Å²) in [5, 5.41) is 29.2. The van der Waals surface area contributed by atoms with Crippen LogP contribution in [0.25, 0.3) is 11.1 Å². The molecule has 8 heteroatoms. The number of H-pyrrole nitrogens is 1. The molecular weight excluding hydrogens is 364 g/mol. The maximum Gasteiger partial charge on any atom is 0.342 e. The van der Waals surface area contributed by atoms with Crippen LogP contribution in [0.5, 0.6) is 0 Å². The maximum absolute atomic E-state index is 12.2. The van der Waals surface area contributed by atoms with Gasteiger partial charge in [-0.3, -0.25) is 4.79 Å². The fourth-order valence-electron chi connectivity index (χ4n) is 4.11. The summed E-state index contributed by atoms with van der Waals surface area (Å²) in [4.78, 5) is 37.8. The summed E-state index contributed by atoms with van der Waals surface area (Å²) in [5.41, 5.74) is 3.95. The Morgan fingerprint density at radius 1 is 1.07 bits per heavy atom. The molecule has 1 saturated carbocycles. The number of aliphatic hydroxyl groups is 1. The normalized spacial score (nSPS) is 15.9. The Labute approximate surface area is 160 Å². The summed E-state index contributed by atoms with van der Waals surface area (Å²) in [6.45, 7) is -0.0639. The van der Waals surface area contributed by atoms with Crippen molar-refractivity contribution in [2.24, 2.45) is 0 Å². The zero-order valence-corrected chi connectivity index (χ0v) is 15.2. The average Bonchev–Trinajstić information content (AvgIpc) is 2.67. The lowest BCUT2D eigenvalue weighted by Crippen LogP contribution is -2.33. The molecule has 28 heavy (non-hydrogen) atoms. The van der Waals surface area contributed by atoms with Crippen LogP contribution in [0.1, 0.15) is 58.4 Å². The molecule has 1 aliphatic rings. The van der Waals surface area contributed by atoms with Crippen LogP contribution in [-0.2, 0) is 5.41 Å². The molecule has 0 saturated heterocycles. The third kappa shape index (κ3) is 3.27. The first kappa shape index (κ1) is 19.6. The van der Waals surface area contributed by atoms with Crippen LogP contribution >= 0.6 is 0 Å². The molecule has 2 aromatic rings. The number of anilines is 1. The van der Waals surface area contributed by atoms with E-state index in [-0.39, 0.29) is 17.7 Å². The second kappa shape index (κ2) is 7.47. The number of hydrogen-bond donors (Lipinski definition) is 5. The van der Waals surface area contributed by atoms with Gasteiger partial charge in [0.1, 0.15) is 16.9 Å². The van der Waals surface area contributed by atoms with E-state index >= 15 is 0 Å². The first-order chi connectivity index (χ1) is 13.3. The van der Waals surface area contributed by atoms with Crippen molar-refractivity contribution in [2.75, 3.05) is 12.3 Å². The van der Waals surface area contributed by atoms with Crippen molar-refractivity contribution in [2.45, 2.75) is 37.5 Å². The summed E-state index contributed by atoms with van der Waals surface area (Å²) in [5.74, 6) is -3.39. The number of pyridine rings is 1. The predicted molar refractivity (Wildman–Crippen MR) is 103 cm³/mol. The lowest BCUT2D eigenvalue weighted by molar-refractivity contribution is 0.0695. The number of carbonyl (C=O) groups is 2. The fraction of sp³-hybridized carbons (Fsp3) is 0.350. The van der Waals surface area contributed by atoms with Gasteiger partial charge in [0.2, 0.25) is 0 Å². The largest absolute Gasteiger partial charge is 0.478 e. The highest BCUT2D eigenvalue weighted by atomic mass is 16.4. The highest BCUT2D eigenvalue weighted by Crippen LogP contribution is 2.41. The average molecular weight is 386 g/mol. The third-order valence-corrected chi connectivity index (χ3v) is 5.55. The van der Waals surface area contributed by atoms with E-state index in [2.05, 4.69) is 4.98 Å². The van der Waals surface area contributed by atoms with E-state index in [0.29, 0.717) is 0 Å². The molecule has 0 aliphatic heterocycles. The molecule has 6 N–H and O–H groups in total. The van der Waals surface area contributed by atoms with Gasteiger partial charge in [-0.25, -0.2) is 9.59 Å². The number of carboxylic acids is 2. The standard InChI is InChI=1S/C20H22N2O6/c21-16-14(18(25)26)13(15(19(27)28)17(24)22-16)11-5-4-6-12(9-11)20(10-23)7-2-1-3-8-20/h4-6,9,23H,1-3,7-8,10H2,(H,25,26)(H,27,28)(H3,21,22,24). The summed E-state index contributed by atoms with van der Waals surface area (Å²) in [7, 11) is 0. The molecule has 0 unspecified atom stereocenters. The molecule has 1 heterocycles. The van der Waals surface area contributed by atoms with E-state index < -0.39 is 39.9 Å². The Morgan fingerprint density at radius 2 is 1.71 bits per heavy atom. The van der Waals surface area contributed by atoms with Gasteiger partial charge in [0.15, 0.2) is 0 Å². The van der Waals surface area contributed by atoms with Crippen LogP contribution in [0, 0.1) is 0 Å². The number of aromatic carboxylic acids is 2. The van der Waals surface area contributed by atoms with E-state index in [1.165, 1.54) is 0 Å². The Balaban J connectivity index is 2.29. The summed E-state index contributed by atoms with van der Waals surface area (Å²) in [6.07, 6.45) is 4.56. The lowest BCUT2D eigenvalue weighted by Gasteiger charge is -2.36. The molecule has 8 nitrogen and oxygen atoms in total. The number of carboxylic acid groups (broad SMARTS) is 2. The number of nitrogens with one attached hydrogen (secondary N) is 1. The molecule has 1 aliphatic carbocycles. The van der Waals surface area contributed by atoms with Crippen molar-refractivity contribution < 1.29 is 24.9 Å². The highest BCUT2D eigenvalue weighted by Gasteiger charge is 2.34. The molecule has 0 spiro atoms. The number of nitrogen functional groups attached to an aromatic ring is 1. The smallest absolute Gasteiger partial charge is 0.342 e. The number of aromatic nitrogens is 1. The van der Waals surface area contributed by atoms with Crippen LogP contribution in [0.3, 0.4) is 0 Å². The van der Waals surface area contributed by atoms with Gasteiger partial charge in [-0.15, -0.1) is 0 Å². The molecule has 3 rings (SSSR count). The van der Waals surface area contributed by atoms with Crippen molar-refractivity contribution in [1.82, 2.24) is 4.98 Å². The number of aliphatic hydroxyl groups excluding tert-OH is 1. The molecule has 1 aromatic carbocycles. The Bertz CT molecular complexity index is 989. The monoisotopic (exact) mass is 386 g/mol. The van der Waals surface area contributed by atoms with Gasteiger partial charge < -0.3 is 26.0 Å². The Morgan fingerprint density at radius 3 is 2.29 bits per heavy atom. The van der Waals surface area contributed by atoms with Crippen molar-refractivity contribution in [1.29, 1.82) is 0 Å². The van der Waals surface area contributed by atoms with Crippen molar-refractivity contribution in [3.63, 3.8) is 0 Å². The second-order valence-electron chi connectivity index (χ2n) is 7.18. The van der Waals surface area contributed by atoms with E-state index in [0.717, 1.165) is 37.7 Å². The predicted octanol–water partition coefficient (Wildman–Crippen LogP) is 2.21.